The normalized spacial score (nSPS) is 16.3. The minimum absolute atomic E-state index is 0.0776. The second-order valence-electron chi connectivity index (χ2n) is 6.58. The lowest BCUT2D eigenvalue weighted by atomic mass is 10.1. The van der Waals surface area contributed by atoms with E-state index in [1.54, 1.807) is 0 Å². The van der Waals surface area contributed by atoms with Crippen LogP contribution in [0.25, 0.3) is 0 Å². The van der Waals surface area contributed by atoms with E-state index >= 15 is 0 Å². The van der Waals surface area contributed by atoms with Crippen LogP contribution >= 0.6 is 0 Å². The number of nitro groups is 1. The van der Waals surface area contributed by atoms with Crippen molar-refractivity contribution >= 4 is 28.9 Å². The quantitative estimate of drug-likeness (QED) is 0.598. The zero-order valence-corrected chi connectivity index (χ0v) is 15.6. The second-order valence-corrected chi connectivity index (χ2v) is 6.58. The van der Waals surface area contributed by atoms with Crippen LogP contribution in [0.5, 0.6) is 5.75 Å². The fourth-order valence-corrected chi connectivity index (χ4v) is 3.13. The zero-order valence-electron chi connectivity index (χ0n) is 15.6. The number of benzene rings is 2. The average molecular weight is 423 g/mol. The second kappa shape index (κ2) is 8.01. The van der Waals surface area contributed by atoms with Crippen LogP contribution in [0, 0.1) is 17.0 Å². The Morgan fingerprint density at radius 3 is 2.63 bits per heavy atom. The number of rotatable bonds is 4. The first-order valence-corrected chi connectivity index (χ1v) is 8.73. The molecule has 2 aromatic rings. The minimum atomic E-state index is -4.85. The number of para-hydroxylation sites is 2. The third-order valence-electron chi connectivity index (χ3n) is 4.50. The van der Waals surface area contributed by atoms with Gasteiger partial charge in [0.05, 0.1) is 22.7 Å². The number of hydrogen-bond donors (Lipinski definition) is 1. The number of nitro benzene ring substituents is 1. The number of halogens is 3. The Morgan fingerprint density at radius 1 is 1.30 bits per heavy atom. The highest BCUT2D eigenvalue weighted by Gasteiger charge is 2.49. The summed E-state index contributed by atoms with van der Waals surface area (Å²) in [7, 11) is 0. The minimum Gasteiger partial charge on any atom is -0.484 e. The third-order valence-corrected chi connectivity index (χ3v) is 4.50. The monoisotopic (exact) mass is 423 g/mol. The summed E-state index contributed by atoms with van der Waals surface area (Å²) in [6.45, 7) is 0.710. The molecule has 0 saturated heterocycles. The SMILES string of the molecule is Cc1cc(OCC(=O)N2c3ccccc3NC(=O)CC2C(F)(F)F)ccc1[N+](=O)[O-]. The van der Waals surface area contributed by atoms with Crippen molar-refractivity contribution in [2.45, 2.75) is 25.6 Å². The first-order chi connectivity index (χ1) is 14.1. The maximum Gasteiger partial charge on any atom is 0.409 e. The average Bonchev–Trinajstić information content (AvgIpc) is 2.81. The van der Waals surface area contributed by atoms with Gasteiger partial charge in [-0.3, -0.25) is 24.6 Å². The van der Waals surface area contributed by atoms with E-state index in [0.29, 0.717) is 4.90 Å². The van der Waals surface area contributed by atoms with E-state index in [9.17, 15) is 32.9 Å². The molecule has 11 heteroatoms. The highest BCUT2D eigenvalue weighted by atomic mass is 19.4. The number of fused-ring (bicyclic) bond motifs is 1. The van der Waals surface area contributed by atoms with Gasteiger partial charge in [-0.05, 0) is 31.2 Å². The van der Waals surface area contributed by atoms with Gasteiger partial charge in [0.15, 0.2) is 6.61 Å². The predicted octanol–water partition coefficient (Wildman–Crippen LogP) is 3.59. The van der Waals surface area contributed by atoms with Crippen LogP contribution in [0.1, 0.15) is 12.0 Å². The molecule has 3 rings (SSSR count). The molecular weight excluding hydrogens is 407 g/mol. The van der Waals surface area contributed by atoms with E-state index in [2.05, 4.69) is 5.32 Å². The third kappa shape index (κ3) is 4.34. The first kappa shape index (κ1) is 21.1. The molecule has 0 fully saturated rings. The number of alkyl halides is 3. The molecule has 0 aromatic heterocycles. The van der Waals surface area contributed by atoms with Crippen molar-refractivity contribution in [2.75, 3.05) is 16.8 Å². The summed E-state index contributed by atoms with van der Waals surface area (Å²) in [6.07, 6.45) is -5.81. The van der Waals surface area contributed by atoms with E-state index in [4.69, 9.17) is 4.74 Å². The number of carbonyl (C=O) groups is 2. The Balaban J connectivity index is 1.89. The number of hydrogen-bond acceptors (Lipinski definition) is 5. The number of amides is 2. The first-order valence-electron chi connectivity index (χ1n) is 8.73. The van der Waals surface area contributed by atoms with Gasteiger partial charge in [-0.25, -0.2) is 0 Å². The van der Waals surface area contributed by atoms with Crippen LogP contribution in [-0.2, 0) is 9.59 Å². The molecule has 0 bridgehead atoms. The summed E-state index contributed by atoms with van der Waals surface area (Å²) in [5.74, 6) is -1.79. The van der Waals surface area contributed by atoms with Crippen molar-refractivity contribution in [1.29, 1.82) is 0 Å². The topological polar surface area (TPSA) is 102 Å². The van der Waals surface area contributed by atoms with Gasteiger partial charge in [0, 0.05) is 11.6 Å². The van der Waals surface area contributed by atoms with Crippen molar-refractivity contribution in [2.24, 2.45) is 0 Å². The van der Waals surface area contributed by atoms with Gasteiger partial charge in [-0.15, -0.1) is 0 Å². The molecule has 1 aliphatic heterocycles. The maximum atomic E-state index is 13.7. The maximum absolute atomic E-state index is 13.7. The highest BCUT2D eigenvalue weighted by molar-refractivity contribution is 6.05. The van der Waals surface area contributed by atoms with Crippen LogP contribution in [0.15, 0.2) is 42.5 Å². The Bertz CT molecular complexity index is 1010. The van der Waals surface area contributed by atoms with Crippen LogP contribution < -0.4 is 15.0 Å². The summed E-state index contributed by atoms with van der Waals surface area (Å²) in [4.78, 5) is 35.5. The Hall–Kier alpha value is -3.63. The van der Waals surface area contributed by atoms with Crippen LogP contribution in [0.2, 0.25) is 0 Å². The standard InChI is InChI=1S/C19H16F3N3O5/c1-11-8-12(6-7-14(11)25(28)29)30-10-18(27)24-15-5-3-2-4-13(15)23-17(26)9-16(24)19(20,21)22/h2-8,16H,9-10H2,1H3,(H,23,26). The number of carbonyl (C=O) groups excluding carboxylic acids is 2. The largest absolute Gasteiger partial charge is 0.484 e. The van der Waals surface area contributed by atoms with E-state index in [-0.39, 0.29) is 28.4 Å². The molecule has 0 spiro atoms. The highest BCUT2D eigenvalue weighted by Crippen LogP contribution is 2.37. The van der Waals surface area contributed by atoms with Crippen molar-refractivity contribution in [3.63, 3.8) is 0 Å². The van der Waals surface area contributed by atoms with Gasteiger partial charge < -0.3 is 10.1 Å². The Morgan fingerprint density at radius 2 is 2.00 bits per heavy atom. The Labute approximate surface area is 168 Å². The van der Waals surface area contributed by atoms with Crippen molar-refractivity contribution in [1.82, 2.24) is 0 Å². The summed E-state index contributed by atoms with van der Waals surface area (Å²) in [5, 5.41) is 13.2. The number of nitrogens with zero attached hydrogens (tertiary/aromatic N) is 2. The van der Waals surface area contributed by atoms with Crippen molar-refractivity contribution in [3.8, 4) is 5.75 Å². The van der Waals surface area contributed by atoms with Crippen molar-refractivity contribution < 1.29 is 32.4 Å². The fourth-order valence-electron chi connectivity index (χ4n) is 3.13. The molecule has 8 nitrogen and oxygen atoms in total. The molecule has 0 radical (unpaired) electrons. The molecule has 1 aliphatic rings. The number of ether oxygens (including phenoxy) is 1. The van der Waals surface area contributed by atoms with Crippen LogP contribution in [-0.4, -0.2) is 35.6 Å². The van der Waals surface area contributed by atoms with Crippen LogP contribution in [0.4, 0.5) is 30.2 Å². The van der Waals surface area contributed by atoms with E-state index in [0.717, 1.165) is 0 Å². The lowest BCUT2D eigenvalue weighted by Gasteiger charge is -2.31. The molecule has 0 saturated carbocycles. The lowest BCUT2D eigenvalue weighted by molar-refractivity contribution is -0.385. The number of aryl methyl sites for hydroxylation is 1. The lowest BCUT2D eigenvalue weighted by Crippen LogP contribution is -2.51. The predicted molar refractivity (Wildman–Crippen MR) is 100 cm³/mol. The molecule has 0 aliphatic carbocycles. The molecule has 1 N–H and O–H groups in total. The molecule has 158 valence electrons. The summed E-state index contributed by atoms with van der Waals surface area (Å²) in [6, 6.07) is 7.04. The smallest absolute Gasteiger partial charge is 0.409 e. The van der Waals surface area contributed by atoms with E-state index < -0.39 is 42.0 Å². The molecular formula is C19H16F3N3O5. The molecule has 1 heterocycles. The number of nitrogens with one attached hydrogen (secondary N) is 1. The van der Waals surface area contributed by atoms with Gasteiger partial charge in [-0.1, -0.05) is 12.1 Å². The van der Waals surface area contributed by atoms with Gasteiger partial charge in [0.2, 0.25) is 5.91 Å². The number of anilines is 2. The molecule has 1 atom stereocenters. The van der Waals surface area contributed by atoms with E-state index in [1.807, 2.05) is 0 Å². The molecule has 2 aromatic carbocycles. The molecule has 1 unspecified atom stereocenters. The van der Waals surface area contributed by atoms with Gasteiger partial charge in [0.1, 0.15) is 11.8 Å². The molecule has 2 amide bonds. The molecule has 30 heavy (non-hydrogen) atoms. The fraction of sp³-hybridized carbons (Fsp3) is 0.263. The van der Waals surface area contributed by atoms with Gasteiger partial charge >= 0.3 is 6.18 Å². The Kier molecular flexibility index (Phi) is 5.63. The van der Waals surface area contributed by atoms with Gasteiger partial charge in [-0.2, -0.15) is 13.2 Å². The summed E-state index contributed by atoms with van der Waals surface area (Å²) in [5.41, 5.74) is 0.0952. The van der Waals surface area contributed by atoms with Crippen molar-refractivity contribution in [3.05, 3.63) is 58.1 Å². The summed E-state index contributed by atoms with van der Waals surface area (Å²) < 4.78 is 46.3. The van der Waals surface area contributed by atoms with Crippen LogP contribution in [0.3, 0.4) is 0 Å². The zero-order chi connectivity index (χ0) is 22.1. The van der Waals surface area contributed by atoms with Gasteiger partial charge in [0.25, 0.3) is 11.6 Å². The summed E-state index contributed by atoms with van der Waals surface area (Å²) >= 11 is 0. The van der Waals surface area contributed by atoms with E-state index in [1.165, 1.54) is 49.4 Å².